The highest BCUT2D eigenvalue weighted by Gasteiger charge is 2.26. The molecule has 0 aromatic carbocycles. The van der Waals surface area contributed by atoms with E-state index in [4.69, 9.17) is 5.11 Å². The Morgan fingerprint density at radius 3 is 2.32 bits per heavy atom. The Morgan fingerprint density at radius 1 is 1.32 bits per heavy atom. The third kappa shape index (κ3) is 3.59. The molecule has 0 saturated heterocycles. The number of aryl methyl sites for hydroxylation is 1. The number of carboxylic acid groups (broad SMARTS) is 1. The number of thioether (sulfide) groups is 1. The Morgan fingerprint density at radius 2 is 1.89 bits per heavy atom. The zero-order valence-corrected chi connectivity index (χ0v) is 11.7. The molecule has 6 nitrogen and oxygen atoms in total. The van der Waals surface area contributed by atoms with Gasteiger partial charge in [0.15, 0.2) is 5.12 Å². The van der Waals surface area contributed by atoms with Crippen molar-refractivity contribution in [2.75, 3.05) is 5.75 Å². The van der Waals surface area contributed by atoms with Gasteiger partial charge in [0.05, 0.1) is 17.4 Å². The SMILES string of the molecule is CC(=O)SCC(O)C(O)c1[nH]c(C)c(C(=O)O)c1C. The molecule has 0 radical (unpaired) electrons. The monoisotopic (exact) mass is 287 g/mol. The summed E-state index contributed by atoms with van der Waals surface area (Å²) in [6, 6.07) is 0. The van der Waals surface area contributed by atoms with Crippen molar-refractivity contribution in [1.29, 1.82) is 0 Å². The average molecular weight is 287 g/mol. The minimum Gasteiger partial charge on any atom is -0.478 e. The molecule has 4 N–H and O–H groups in total. The van der Waals surface area contributed by atoms with Gasteiger partial charge >= 0.3 is 5.97 Å². The van der Waals surface area contributed by atoms with Crippen LogP contribution in [0.25, 0.3) is 0 Å². The lowest BCUT2D eigenvalue weighted by atomic mass is 10.1. The van der Waals surface area contributed by atoms with E-state index in [-0.39, 0.29) is 22.1 Å². The molecule has 0 aliphatic carbocycles. The van der Waals surface area contributed by atoms with Gasteiger partial charge in [-0.2, -0.15) is 0 Å². The van der Waals surface area contributed by atoms with E-state index in [1.165, 1.54) is 6.92 Å². The zero-order valence-electron chi connectivity index (χ0n) is 10.9. The lowest BCUT2D eigenvalue weighted by Gasteiger charge is -2.17. The van der Waals surface area contributed by atoms with E-state index >= 15 is 0 Å². The summed E-state index contributed by atoms with van der Waals surface area (Å²) in [5.74, 6) is -1.03. The largest absolute Gasteiger partial charge is 0.478 e. The maximum Gasteiger partial charge on any atom is 0.337 e. The number of aromatic amines is 1. The van der Waals surface area contributed by atoms with E-state index in [0.29, 0.717) is 11.3 Å². The van der Waals surface area contributed by atoms with Crippen LogP contribution < -0.4 is 0 Å². The van der Waals surface area contributed by atoms with E-state index in [1.54, 1.807) is 13.8 Å². The lowest BCUT2D eigenvalue weighted by Crippen LogP contribution is -2.22. The zero-order chi connectivity index (χ0) is 14.7. The van der Waals surface area contributed by atoms with E-state index in [0.717, 1.165) is 11.8 Å². The summed E-state index contributed by atoms with van der Waals surface area (Å²) in [6.45, 7) is 4.52. The first-order chi connectivity index (χ1) is 8.75. The highest BCUT2D eigenvalue weighted by atomic mass is 32.2. The fourth-order valence-electron chi connectivity index (χ4n) is 1.88. The fourth-order valence-corrected chi connectivity index (χ4v) is 2.46. The van der Waals surface area contributed by atoms with Crippen molar-refractivity contribution in [3.05, 3.63) is 22.5 Å². The molecule has 106 valence electrons. The van der Waals surface area contributed by atoms with E-state index < -0.39 is 18.2 Å². The minimum absolute atomic E-state index is 0.0520. The molecule has 0 aliphatic rings. The van der Waals surface area contributed by atoms with Crippen molar-refractivity contribution in [2.45, 2.75) is 33.0 Å². The predicted octanol–water partition coefficient (Wildman–Crippen LogP) is 1.00. The Labute approximate surface area is 114 Å². The second-order valence-corrected chi connectivity index (χ2v) is 5.48. The van der Waals surface area contributed by atoms with E-state index in [9.17, 15) is 19.8 Å². The molecule has 2 unspecified atom stereocenters. The quantitative estimate of drug-likeness (QED) is 0.643. The van der Waals surface area contributed by atoms with Crippen molar-refractivity contribution in [3.8, 4) is 0 Å². The first-order valence-electron chi connectivity index (χ1n) is 5.67. The number of carboxylic acids is 1. The highest BCUT2D eigenvalue weighted by molar-refractivity contribution is 8.13. The number of nitrogens with one attached hydrogen (secondary N) is 1. The Bertz CT molecular complexity index is 497. The number of rotatable bonds is 5. The van der Waals surface area contributed by atoms with Crippen molar-refractivity contribution < 1.29 is 24.9 Å². The van der Waals surface area contributed by atoms with Crippen LogP contribution in [0.2, 0.25) is 0 Å². The highest BCUT2D eigenvalue weighted by Crippen LogP contribution is 2.26. The molecular formula is C12H17NO5S. The summed E-state index contributed by atoms with van der Waals surface area (Å²) in [6.07, 6.45) is -2.40. The van der Waals surface area contributed by atoms with Crippen LogP contribution in [0.4, 0.5) is 0 Å². The molecular weight excluding hydrogens is 270 g/mol. The molecule has 0 amide bonds. The van der Waals surface area contributed by atoms with Crippen LogP contribution in [0.5, 0.6) is 0 Å². The van der Waals surface area contributed by atoms with Gasteiger partial charge in [-0.15, -0.1) is 0 Å². The lowest BCUT2D eigenvalue weighted by molar-refractivity contribution is -0.109. The maximum absolute atomic E-state index is 11.1. The van der Waals surface area contributed by atoms with Gasteiger partial charge in [0.25, 0.3) is 0 Å². The van der Waals surface area contributed by atoms with Gasteiger partial charge in [0.1, 0.15) is 6.10 Å². The van der Waals surface area contributed by atoms with Crippen LogP contribution in [-0.4, -0.2) is 43.2 Å². The number of aliphatic hydroxyl groups is 2. The smallest absolute Gasteiger partial charge is 0.337 e. The van der Waals surface area contributed by atoms with Crippen molar-refractivity contribution >= 4 is 22.8 Å². The van der Waals surface area contributed by atoms with Gasteiger partial charge in [-0.05, 0) is 19.4 Å². The summed E-state index contributed by atoms with van der Waals surface area (Å²) in [5.41, 5.74) is 1.18. The van der Waals surface area contributed by atoms with Gasteiger partial charge in [-0.1, -0.05) is 11.8 Å². The Kier molecular flexibility index (Phi) is 5.16. The second-order valence-electron chi connectivity index (χ2n) is 4.28. The number of H-pyrrole nitrogens is 1. The Balaban J connectivity index is 2.94. The number of carbonyl (C=O) groups is 2. The molecule has 0 saturated carbocycles. The molecule has 0 fully saturated rings. The molecule has 1 rings (SSSR count). The maximum atomic E-state index is 11.1. The molecule has 0 spiro atoms. The van der Waals surface area contributed by atoms with Crippen molar-refractivity contribution in [2.24, 2.45) is 0 Å². The number of aliphatic hydroxyl groups excluding tert-OH is 2. The number of aromatic nitrogens is 1. The summed E-state index contributed by atoms with van der Waals surface area (Å²) in [7, 11) is 0. The molecule has 19 heavy (non-hydrogen) atoms. The van der Waals surface area contributed by atoms with Crippen LogP contribution in [0.1, 0.15) is 40.3 Å². The van der Waals surface area contributed by atoms with Gasteiger partial charge in [-0.3, -0.25) is 4.79 Å². The number of hydrogen-bond acceptors (Lipinski definition) is 5. The molecule has 0 aliphatic heterocycles. The fraction of sp³-hybridized carbons (Fsp3) is 0.500. The summed E-state index contributed by atoms with van der Waals surface area (Å²) in [5, 5.41) is 28.7. The third-order valence-corrected chi connectivity index (χ3v) is 3.72. The van der Waals surface area contributed by atoms with Gasteiger partial charge in [0, 0.05) is 18.4 Å². The average Bonchev–Trinajstić information content (AvgIpc) is 2.60. The van der Waals surface area contributed by atoms with Crippen LogP contribution in [-0.2, 0) is 4.79 Å². The molecule has 1 aromatic rings. The minimum atomic E-state index is -1.25. The standard InChI is InChI=1S/C12H17NO5S/c1-5-9(12(17)18)6(2)13-10(5)11(16)8(15)4-19-7(3)14/h8,11,13,15-16H,4H2,1-3H3,(H,17,18). The number of aromatic carboxylic acids is 1. The first kappa shape index (κ1) is 15.7. The molecule has 0 bridgehead atoms. The van der Waals surface area contributed by atoms with Crippen LogP contribution >= 0.6 is 11.8 Å². The molecule has 7 heteroatoms. The normalized spacial score (nSPS) is 14.2. The van der Waals surface area contributed by atoms with Crippen LogP contribution in [0, 0.1) is 13.8 Å². The van der Waals surface area contributed by atoms with E-state index in [1.807, 2.05) is 0 Å². The molecule has 1 heterocycles. The third-order valence-electron chi connectivity index (χ3n) is 2.81. The van der Waals surface area contributed by atoms with E-state index in [2.05, 4.69) is 4.98 Å². The van der Waals surface area contributed by atoms with Crippen molar-refractivity contribution in [1.82, 2.24) is 4.98 Å². The molecule has 2 atom stereocenters. The van der Waals surface area contributed by atoms with Gasteiger partial charge < -0.3 is 20.3 Å². The van der Waals surface area contributed by atoms with Crippen LogP contribution in [0.15, 0.2) is 0 Å². The van der Waals surface area contributed by atoms with Gasteiger partial charge in [0.2, 0.25) is 0 Å². The number of hydrogen-bond donors (Lipinski definition) is 4. The second kappa shape index (κ2) is 6.23. The van der Waals surface area contributed by atoms with Gasteiger partial charge in [-0.25, -0.2) is 4.79 Å². The Hall–Kier alpha value is -1.31. The first-order valence-corrected chi connectivity index (χ1v) is 6.66. The number of carbonyl (C=O) groups excluding carboxylic acids is 1. The molecule has 1 aromatic heterocycles. The summed E-state index contributed by atoms with van der Waals surface area (Å²) < 4.78 is 0. The van der Waals surface area contributed by atoms with Crippen molar-refractivity contribution in [3.63, 3.8) is 0 Å². The topological polar surface area (TPSA) is 111 Å². The summed E-state index contributed by atoms with van der Waals surface area (Å²) >= 11 is 0.906. The van der Waals surface area contributed by atoms with Crippen LogP contribution in [0.3, 0.4) is 0 Å². The summed E-state index contributed by atoms with van der Waals surface area (Å²) in [4.78, 5) is 24.6. The predicted molar refractivity (Wildman–Crippen MR) is 71.3 cm³/mol.